The first-order valence-corrected chi connectivity index (χ1v) is 5.85. The van der Waals surface area contributed by atoms with Crippen molar-refractivity contribution in [3.05, 3.63) is 12.7 Å². The molecule has 0 bridgehead atoms. The SMILES string of the molecule is CC1(C)C(Nc2ncnc3nc[nH]c23)C1(C)C. The summed E-state index contributed by atoms with van der Waals surface area (Å²) in [5, 5.41) is 3.50. The Bertz CT molecular complexity index is 555. The Morgan fingerprint density at radius 2 is 1.82 bits per heavy atom. The molecule has 0 radical (unpaired) electrons. The Hall–Kier alpha value is -1.65. The molecule has 2 heterocycles. The molecule has 0 saturated heterocycles. The summed E-state index contributed by atoms with van der Waals surface area (Å²) in [4.78, 5) is 15.6. The number of imidazole rings is 1. The van der Waals surface area contributed by atoms with Gasteiger partial charge in [-0.25, -0.2) is 15.0 Å². The highest BCUT2D eigenvalue weighted by molar-refractivity contribution is 5.82. The standard InChI is InChI=1S/C12H17N5/c1-11(2)10(12(11,3)4)17-9-7-8(14-5-13-7)15-6-16-9/h5-6,10H,1-4H3,(H2,13,14,15,16,17). The van der Waals surface area contributed by atoms with Crippen LogP contribution in [0.4, 0.5) is 5.82 Å². The van der Waals surface area contributed by atoms with Gasteiger partial charge in [-0.2, -0.15) is 0 Å². The van der Waals surface area contributed by atoms with Gasteiger partial charge >= 0.3 is 0 Å². The van der Waals surface area contributed by atoms with Crippen molar-refractivity contribution in [1.82, 2.24) is 19.9 Å². The number of H-pyrrole nitrogens is 1. The zero-order valence-electron chi connectivity index (χ0n) is 10.6. The third-order valence-corrected chi connectivity index (χ3v) is 4.52. The van der Waals surface area contributed by atoms with Crippen LogP contribution in [0.1, 0.15) is 27.7 Å². The smallest absolute Gasteiger partial charge is 0.182 e. The number of hydrogen-bond donors (Lipinski definition) is 2. The van der Waals surface area contributed by atoms with E-state index in [4.69, 9.17) is 0 Å². The van der Waals surface area contributed by atoms with Crippen molar-refractivity contribution in [3.63, 3.8) is 0 Å². The summed E-state index contributed by atoms with van der Waals surface area (Å²) >= 11 is 0. The average Bonchev–Trinajstić information content (AvgIpc) is 2.68. The summed E-state index contributed by atoms with van der Waals surface area (Å²) in [5.74, 6) is 0.844. The van der Waals surface area contributed by atoms with Crippen LogP contribution in [-0.2, 0) is 0 Å². The number of nitrogens with zero attached hydrogens (tertiary/aromatic N) is 3. The Morgan fingerprint density at radius 1 is 1.12 bits per heavy atom. The normalized spacial score (nSPS) is 21.6. The molecule has 0 spiro atoms. The Kier molecular flexibility index (Phi) is 1.83. The molecule has 2 aromatic heterocycles. The summed E-state index contributed by atoms with van der Waals surface area (Å²) in [7, 11) is 0. The van der Waals surface area contributed by atoms with Crippen molar-refractivity contribution in [2.75, 3.05) is 5.32 Å². The predicted octanol–water partition coefficient (Wildman–Crippen LogP) is 2.20. The maximum absolute atomic E-state index is 4.30. The van der Waals surface area contributed by atoms with Crippen LogP contribution in [0, 0.1) is 10.8 Å². The molecule has 0 unspecified atom stereocenters. The Balaban J connectivity index is 1.95. The lowest BCUT2D eigenvalue weighted by molar-refractivity contribution is 0.457. The lowest BCUT2D eigenvalue weighted by atomic mass is 10.0. The van der Waals surface area contributed by atoms with Gasteiger partial charge in [0, 0.05) is 6.04 Å². The average molecular weight is 231 g/mol. The van der Waals surface area contributed by atoms with Crippen LogP contribution >= 0.6 is 0 Å². The fourth-order valence-corrected chi connectivity index (χ4v) is 2.57. The fraction of sp³-hybridized carbons (Fsp3) is 0.583. The second-order valence-corrected chi connectivity index (χ2v) is 5.84. The number of rotatable bonds is 2. The number of aromatic amines is 1. The maximum Gasteiger partial charge on any atom is 0.182 e. The monoisotopic (exact) mass is 231 g/mol. The van der Waals surface area contributed by atoms with Gasteiger partial charge < -0.3 is 10.3 Å². The van der Waals surface area contributed by atoms with Gasteiger partial charge in [-0.15, -0.1) is 0 Å². The van der Waals surface area contributed by atoms with Gasteiger partial charge in [0.05, 0.1) is 6.33 Å². The number of hydrogen-bond acceptors (Lipinski definition) is 4. The van der Waals surface area contributed by atoms with Gasteiger partial charge in [0.15, 0.2) is 11.5 Å². The molecular weight excluding hydrogens is 214 g/mol. The zero-order chi connectivity index (χ0) is 12.3. The summed E-state index contributed by atoms with van der Waals surface area (Å²) in [6.07, 6.45) is 3.20. The van der Waals surface area contributed by atoms with Gasteiger partial charge in [0.2, 0.25) is 0 Å². The van der Waals surface area contributed by atoms with E-state index in [1.807, 2.05) is 0 Å². The van der Waals surface area contributed by atoms with E-state index in [0.29, 0.717) is 11.7 Å². The topological polar surface area (TPSA) is 66.5 Å². The van der Waals surface area contributed by atoms with E-state index in [1.54, 1.807) is 12.7 Å². The van der Waals surface area contributed by atoms with E-state index >= 15 is 0 Å². The minimum atomic E-state index is 0.282. The van der Waals surface area contributed by atoms with Crippen molar-refractivity contribution in [3.8, 4) is 0 Å². The van der Waals surface area contributed by atoms with Crippen LogP contribution in [0.3, 0.4) is 0 Å². The molecule has 0 aliphatic heterocycles. The van der Waals surface area contributed by atoms with E-state index in [2.05, 4.69) is 52.9 Å². The van der Waals surface area contributed by atoms with E-state index in [9.17, 15) is 0 Å². The Labute approximate surface area is 100 Å². The third kappa shape index (κ3) is 1.28. The van der Waals surface area contributed by atoms with Crippen LogP contribution in [0.5, 0.6) is 0 Å². The molecule has 1 fully saturated rings. The Morgan fingerprint density at radius 3 is 2.47 bits per heavy atom. The highest BCUT2D eigenvalue weighted by atomic mass is 15.1. The predicted molar refractivity (Wildman–Crippen MR) is 66.7 cm³/mol. The molecule has 1 aliphatic carbocycles. The highest BCUT2D eigenvalue weighted by Crippen LogP contribution is 2.63. The second kappa shape index (κ2) is 2.97. The summed E-state index contributed by atoms with van der Waals surface area (Å²) in [6.45, 7) is 9.10. The minimum Gasteiger partial charge on any atom is -0.364 e. The molecule has 5 nitrogen and oxygen atoms in total. The number of anilines is 1. The maximum atomic E-state index is 4.30. The summed E-state index contributed by atoms with van der Waals surface area (Å²) < 4.78 is 0. The van der Waals surface area contributed by atoms with Crippen molar-refractivity contribution in [2.45, 2.75) is 33.7 Å². The van der Waals surface area contributed by atoms with Crippen molar-refractivity contribution >= 4 is 17.0 Å². The quantitative estimate of drug-likeness (QED) is 0.831. The fourth-order valence-electron chi connectivity index (χ4n) is 2.57. The van der Waals surface area contributed by atoms with Crippen molar-refractivity contribution < 1.29 is 0 Å². The van der Waals surface area contributed by atoms with E-state index in [-0.39, 0.29) is 10.8 Å². The van der Waals surface area contributed by atoms with E-state index < -0.39 is 0 Å². The molecule has 5 heteroatoms. The zero-order valence-corrected chi connectivity index (χ0v) is 10.6. The summed E-state index contributed by atoms with van der Waals surface area (Å²) in [5.41, 5.74) is 2.15. The molecule has 1 saturated carbocycles. The molecule has 0 amide bonds. The van der Waals surface area contributed by atoms with Crippen molar-refractivity contribution in [2.24, 2.45) is 10.8 Å². The first-order chi connectivity index (χ1) is 7.94. The van der Waals surface area contributed by atoms with E-state index in [1.165, 1.54) is 0 Å². The van der Waals surface area contributed by atoms with E-state index in [0.717, 1.165) is 11.3 Å². The lowest BCUT2D eigenvalue weighted by Crippen LogP contribution is -2.11. The van der Waals surface area contributed by atoms with Crippen molar-refractivity contribution in [1.29, 1.82) is 0 Å². The molecule has 90 valence electrons. The molecular formula is C12H17N5. The number of aromatic nitrogens is 4. The van der Waals surface area contributed by atoms with Gasteiger partial charge in [-0.05, 0) is 10.8 Å². The number of fused-ring (bicyclic) bond motifs is 1. The first-order valence-electron chi connectivity index (χ1n) is 5.85. The molecule has 0 aromatic carbocycles. The van der Waals surface area contributed by atoms with Crippen LogP contribution in [-0.4, -0.2) is 26.0 Å². The first kappa shape index (κ1) is 10.5. The minimum absolute atomic E-state index is 0.282. The molecule has 2 aromatic rings. The second-order valence-electron chi connectivity index (χ2n) is 5.84. The molecule has 17 heavy (non-hydrogen) atoms. The third-order valence-electron chi connectivity index (χ3n) is 4.52. The van der Waals surface area contributed by atoms with Crippen LogP contribution in [0.2, 0.25) is 0 Å². The van der Waals surface area contributed by atoms with Gasteiger partial charge in [0.1, 0.15) is 11.8 Å². The molecule has 2 N–H and O–H groups in total. The molecule has 1 aliphatic rings. The van der Waals surface area contributed by atoms with Gasteiger partial charge in [0.25, 0.3) is 0 Å². The van der Waals surface area contributed by atoms with Gasteiger partial charge in [-0.1, -0.05) is 27.7 Å². The largest absolute Gasteiger partial charge is 0.364 e. The van der Waals surface area contributed by atoms with Crippen LogP contribution < -0.4 is 5.32 Å². The summed E-state index contributed by atoms with van der Waals surface area (Å²) in [6, 6.07) is 0.427. The van der Waals surface area contributed by atoms with Crippen LogP contribution in [0.15, 0.2) is 12.7 Å². The molecule has 0 atom stereocenters. The van der Waals surface area contributed by atoms with Gasteiger partial charge in [-0.3, -0.25) is 0 Å². The van der Waals surface area contributed by atoms with Crippen LogP contribution in [0.25, 0.3) is 11.2 Å². The number of nitrogens with one attached hydrogen (secondary N) is 2. The lowest BCUT2D eigenvalue weighted by Gasteiger charge is -2.07. The molecule has 3 rings (SSSR count). The highest BCUT2D eigenvalue weighted by Gasteiger charge is 2.65.